The summed E-state index contributed by atoms with van der Waals surface area (Å²) in [6.45, 7) is 13.8. The van der Waals surface area contributed by atoms with Crippen molar-refractivity contribution in [3.63, 3.8) is 0 Å². The molecule has 1 aliphatic carbocycles. The largest absolute Gasteiger partial charge is 0.497 e. The molecule has 8 heteroatoms. The maximum absolute atomic E-state index is 11.3. The second-order valence-corrected chi connectivity index (χ2v) is 11.0. The van der Waals surface area contributed by atoms with E-state index in [1.54, 1.807) is 83.7 Å². The zero-order chi connectivity index (χ0) is 36.9. The molecule has 0 heterocycles. The molecule has 0 aliphatic heterocycles. The first-order chi connectivity index (χ1) is 23.5. The maximum atomic E-state index is 11.3. The summed E-state index contributed by atoms with van der Waals surface area (Å²) in [4.78, 5) is 41.9. The van der Waals surface area contributed by atoms with Crippen molar-refractivity contribution in [1.29, 1.82) is 0 Å². The third kappa shape index (κ3) is 13.5. The average Bonchev–Trinajstić information content (AvgIpc) is 3.42. The number of hydrogen-bond donors (Lipinski definition) is 0. The van der Waals surface area contributed by atoms with E-state index in [0.29, 0.717) is 34.3 Å². The lowest BCUT2D eigenvalue weighted by Gasteiger charge is -2.08. The first kappa shape index (κ1) is 41.9. The quantitative estimate of drug-likeness (QED) is 0.135. The maximum Gasteiger partial charge on any atom is 0.338 e. The van der Waals surface area contributed by atoms with Crippen molar-refractivity contribution in [3.8, 4) is 22.6 Å². The van der Waals surface area contributed by atoms with Crippen LogP contribution in [0.5, 0.6) is 11.5 Å². The van der Waals surface area contributed by atoms with Crippen molar-refractivity contribution in [2.24, 2.45) is 0 Å². The summed E-state index contributed by atoms with van der Waals surface area (Å²) in [6.07, 6.45) is 2.48. The number of carbonyl (C=O) groups is 4. The Labute approximate surface area is 291 Å². The number of aldehydes is 3. The molecule has 0 bridgehead atoms. The summed E-state index contributed by atoms with van der Waals surface area (Å²) in [5.41, 5.74) is 7.46. The molecule has 0 saturated heterocycles. The summed E-state index contributed by atoms with van der Waals surface area (Å²) < 4.78 is 20.3. The first-order valence-corrected chi connectivity index (χ1v) is 16.2. The van der Waals surface area contributed by atoms with Crippen LogP contribution in [0, 0.1) is 0 Å². The Hall–Kier alpha value is -5.08. The van der Waals surface area contributed by atoms with Crippen molar-refractivity contribution in [3.05, 3.63) is 118 Å². The molecule has 5 rings (SSSR count). The number of fused-ring (bicyclic) bond motifs is 3. The minimum atomic E-state index is -0.363. The van der Waals surface area contributed by atoms with Crippen LogP contribution in [0.4, 0.5) is 0 Å². The van der Waals surface area contributed by atoms with Crippen LogP contribution >= 0.6 is 0 Å². The molecule has 0 unspecified atom stereocenters. The van der Waals surface area contributed by atoms with Crippen LogP contribution in [-0.4, -0.2) is 58.4 Å². The van der Waals surface area contributed by atoms with Gasteiger partial charge in [-0.3, -0.25) is 14.4 Å². The van der Waals surface area contributed by atoms with Gasteiger partial charge in [0.2, 0.25) is 0 Å². The number of rotatable bonds is 8. The topological polar surface area (TPSA) is 105 Å². The Kier molecular flexibility index (Phi) is 19.2. The molecular formula is C41H50O8. The number of carbonyl (C=O) groups excluding carboxylic acids is 4. The second kappa shape index (κ2) is 22.5. The van der Waals surface area contributed by atoms with Crippen LogP contribution in [0.1, 0.15) is 107 Å². The molecule has 0 atom stereocenters. The van der Waals surface area contributed by atoms with Gasteiger partial charge in [-0.05, 0) is 86.3 Å². The van der Waals surface area contributed by atoms with Gasteiger partial charge < -0.3 is 18.9 Å². The molecule has 8 nitrogen and oxygen atoms in total. The second-order valence-electron chi connectivity index (χ2n) is 11.0. The predicted molar refractivity (Wildman–Crippen MR) is 196 cm³/mol. The van der Waals surface area contributed by atoms with E-state index in [0.717, 1.165) is 30.4 Å². The Morgan fingerprint density at radius 3 is 1.22 bits per heavy atom. The molecule has 262 valence electrons. The van der Waals surface area contributed by atoms with E-state index in [1.807, 2.05) is 39.8 Å². The predicted octanol–water partition coefficient (Wildman–Crippen LogP) is 9.28. The van der Waals surface area contributed by atoms with Gasteiger partial charge in [0.15, 0.2) is 0 Å². The number of benzene rings is 4. The highest BCUT2D eigenvalue weighted by atomic mass is 16.5. The van der Waals surface area contributed by atoms with Gasteiger partial charge in [-0.25, -0.2) is 4.79 Å². The van der Waals surface area contributed by atoms with Gasteiger partial charge in [0.05, 0.1) is 32.0 Å². The Bertz CT molecular complexity index is 1510. The summed E-state index contributed by atoms with van der Waals surface area (Å²) in [7, 11) is 5.11. The number of ether oxygens (including phenoxy) is 4. The van der Waals surface area contributed by atoms with E-state index in [4.69, 9.17) is 18.9 Å². The van der Waals surface area contributed by atoms with Crippen LogP contribution in [0.25, 0.3) is 11.1 Å². The van der Waals surface area contributed by atoms with E-state index in [1.165, 1.54) is 22.3 Å². The molecule has 0 amide bonds. The fourth-order valence-corrected chi connectivity index (χ4v) is 4.34. The van der Waals surface area contributed by atoms with Crippen LogP contribution in [-0.2, 0) is 9.47 Å². The molecule has 0 fully saturated rings. The molecule has 49 heavy (non-hydrogen) atoms. The first-order valence-electron chi connectivity index (χ1n) is 16.2. The number of esters is 1. The lowest BCUT2D eigenvalue weighted by atomic mass is 9.99. The molecule has 4 aromatic carbocycles. The van der Waals surface area contributed by atoms with Crippen LogP contribution in [0.3, 0.4) is 0 Å². The highest BCUT2D eigenvalue weighted by molar-refractivity contribution is 5.90. The fraction of sp³-hybridized carbons (Fsp3) is 0.317. The molecule has 0 N–H and O–H groups in total. The normalized spacial score (nSPS) is 10.5. The third-order valence-corrected chi connectivity index (χ3v) is 7.05. The monoisotopic (exact) mass is 670 g/mol. The molecule has 0 spiro atoms. The van der Waals surface area contributed by atoms with Crippen molar-refractivity contribution in [1.82, 2.24) is 0 Å². The van der Waals surface area contributed by atoms with Crippen molar-refractivity contribution in [2.75, 3.05) is 21.3 Å². The highest BCUT2D eigenvalue weighted by Gasteiger charge is 2.26. The van der Waals surface area contributed by atoms with Gasteiger partial charge in [-0.15, -0.1) is 0 Å². The number of methoxy groups -OCH3 is 3. The van der Waals surface area contributed by atoms with Crippen LogP contribution in [0.2, 0.25) is 0 Å². The summed E-state index contributed by atoms with van der Waals surface area (Å²) in [6, 6.07) is 25.3. The molecule has 0 aromatic heterocycles. The lowest BCUT2D eigenvalue weighted by Crippen LogP contribution is -2.11. The zero-order valence-electron chi connectivity index (χ0n) is 30.3. The van der Waals surface area contributed by atoms with Crippen LogP contribution in [0.15, 0.2) is 84.9 Å². The summed E-state index contributed by atoms with van der Waals surface area (Å²) >= 11 is 0. The third-order valence-electron chi connectivity index (χ3n) is 7.05. The molecule has 0 radical (unpaired) electrons. The lowest BCUT2D eigenvalue weighted by molar-refractivity contribution is 0.0377. The van der Waals surface area contributed by atoms with Gasteiger partial charge in [-0.1, -0.05) is 69.3 Å². The molecule has 4 aromatic rings. The van der Waals surface area contributed by atoms with Gasteiger partial charge >= 0.3 is 5.97 Å². The van der Waals surface area contributed by atoms with Gasteiger partial charge in [-0.2, -0.15) is 0 Å². The molecule has 1 aliphatic rings. The molecular weight excluding hydrogens is 620 g/mol. The number of hydrogen-bond acceptors (Lipinski definition) is 8. The standard InChI is InChI=1S/C16H16O2.C11H12O3.C8H6O2.C4H10O.C2H6/c1-10-15-8-11(17-2)4-6-13(15)14-7-5-12(18-3)9-16(10)14;1-8(2)14-11(13)10-5-3-9(7-12)4-6-10;9-5-7-1-2-8(6-10)4-3-7;1-4(2)5-3;1-2/h4-10H,1-3H3;3-8H,1-2H3;1-6H;4H,1-3H3;1-2H3. The highest BCUT2D eigenvalue weighted by Crippen LogP contribution is 2.46. The van der Waals surface area contributed by atoms with E-state index in [-0.39, 0.29) is 12.1 Å². The van der Waals surface area contributed by atoms with Crippen molar-refractivity contribution < 1.29 is 38.1 Å². The van der Waals surface area contributed by atoms with E-state index in [2.05, 4.69) is 31.2 Å². The molecule has 0 saturated carbocycles. The average molecular weight is 671 g/mol. The Morgan fingerprint density at radius 2 is 0.939 bits per heavy atom. The van der Waals surface area contributed by atoms with Gasteiger partial charge in [0, 0.05) is 29.7 Å². The van der Waals surface area contributed by atoms with E-state index >= 15 is 0 Å². The van der Waals surface area contributed by atoms with Crippen LogP contribution < -0.4 is 9.47 Å². The summed E-state index contributed by atoms with van der Waals surface area (Å²) in [5, 5.41) is 0. The van der Waals surface area contributed by atoms with Crippen molar-refractivity contribution >= 4 is 24.8 Å². The fourth-order valence-electron chi connectivity index (χ4n) is 4.34. The smallest absolute Gasteiger partial charge is 0.338 e. The minimum absolute atomic E-state index is 0.131. The Morgan fingerprint density at radius 1 is 0.592 bits per heavy atom. The Balaban J connectivity index is 0.000000346. The van der Waals surface area contributed by atoms with Crippen molar-refractivity contribution in [2.45, 2.75) is 66.6 Å². The minimum Gasteiger partial charge on any atom is -0.497 e. The SMILES string of the molecule is CC.CC(C)OC(=O)c1ccc(C=O)cc1.COC(C)C.COc1ccc2c(c1)C(C)c1cc(OC)ccc1-2.O=Cc1ccc(C=O)cc1. The van der Waals surface area contributed by atoms with Gasteiger partial charge in [0.1, 0.15) is 30.4 Å². The van der Waals surface area contributed by atoms with E-state index in [9.17, 15) is 19.2 Å². The zero-order valence-corrected chi connectivity index (χ0v) is 30.3. The van der Waals surface area contributed by atoms with E-state index < -0.39 is 0 Å². The summed E-state index contributed by atoms with van der Waals surface area (Å²) in [5.74, 6) is 1.86. The van der Waals surface area contributed by atoms with Gasteiger partial charge in [0.25, 0.3) is 0 Å².